The van der Waals surface area contributed by atoms with Crippen LogP contribution in [0.4, 0.5) is 4.79 Å². The van der Waals surface area contributed by atoms with E-state index < -0.39 is 0 Å². The summed E-state index contributed by atoms with van der Waals surface area (Å²) in [6, 6.07) is 1.86. The Kier molecular flexibility index (Phi) is 6.70. The lowest BCUT2D eigenvalue weighted by molar-refractivity contribution is 0.240. The van der Waals surface area contributed by atoms with E-state index in [9.17, 15) is 4.79 Å². The fourth-order valence-electron chi connectivity index (χ4n) is 0.733. The third kappa shape index (κ3) is 7.13. The highest BCUT2D eigenvalue weighted by Crippen LogP contribution is 1.87. The first-order valence-electron chi connectivity index (χ1n) is 4.62. The van der Waals surface area contributed by atoms with Crippen molar-refractivity contribution in [1.82, 2.24) is 10.6 Å². The molecule has 0 bridgehead atoms. The van der Waals surface area contributed by atoms with Gasteiger partial charge in [-0.2, -0.15) is 5.26 Å². The number of carbonyl (C=O) groups is 1. The van der Waals surface area contributed by atoms with Crippen LogP contribution < -0.4 is 10.6 Å². The number of nitrogens with one attached hydrogen (secondary N) is 2. The largest absolute Gasteiger partial charge is 0.338 e. The van der Waals surface area contributed by atoms with Crippen molar-refractivity contribution in [3.8, 4) is 6.07 Å². The van der Waals surface area contributed by atoms with Crippen LogP contribution in [0.15, 0.2) is 0 Å². The standard InChI is InChI=1S/C9H17N3O/c1-3-4-5-11-9(13)12-7-8(2)6-10/h8H,3-5,7H2,1-2H3,(H2,11,12,13). The summed E-state index contributed by atoms with van der Waals surface area (Å²) in [4.78, 5) is 11.0. The second-order valence-electron chi connectivity index (χ2n) is 3.02. The van der Waals surface area contributed by atoms with Gasteiger partial charge in [0, 0.05) is 13.1 Å². The van der Waals surface area contributed by atoms with Gasteiger partial charge in [-0.1, -0.05) is 13.3 Å². The molecule has 0 spiro atoms. The van der Waals surface area contributed by atoms with Gasteiger partial charge in [-0.25, -0.2) is 4.79 Å². The van der Waals surface area contributed by atoms with Crippen molar-refractivity contribution in [1.29, 1.82) is 5.26 Å². The minimum absolute atomic E-state index is 0.128. The summed E-state index contributed by atoms with van der Waals surface area (Å²) in [5.74, 6) is -0.128. The molecule has 1 atom stereocenters. The maximum Gasteiger partial charge on any atom is 0.314 e. The van der Waals surface area contributed by atoms with Crippen LogP contribution in [0.5, 0.6) is 0 Å². The number of nitriles is 1. The van der Waals surface area contributed by atoms with E-state index in [2.05, 4.69) is 17.6 Å². The average Bonchev–Trinajstić information content (AvgIpc) is 2.14. The predicted octanol–water partition coefficient (Wildman–Crippen LogP) is 1.25. The molecule has 0 aromatic carbocycles. The van der Waals surface area contributed by atoms with Crippen molar-refractivity contribution in [2.75, 3.05) is 13.1 Å². The molecule has 0 aromatic heterocycles. The van der Waals surface area contributed by atoms with E-state index in [4.69, 9.17) is 5.26 Å². The molecule has 4 nitrogen and oxygen atoms in total. The summed E-state index contributed by atoms with van der Waals surface area (Å²) in [6.45, 7) is 4.95. The average molecular weight is 183 g/mol. The number of urea groups is 1. The van der Waals surface area contributed by atoms with E-state index in [1.165, 1.54) is 0 Å². The third-order valence-corrected chi connectivity index (χ3v) is 1.61. The fourth-order valence-corrected chi connectivity index (χ4v) is 0.733. The van der Waals surface area contributed by atoms with Crippen LogP contribution in [0.2, 0.25) is 0 Å². The second-order valence-corrected chi connectivity index (χ2v) is 3.02. The van der Waals surface area contributed by atoms with Gasteiger partial charge in [0.2, 0.25) is 0 Å². The van der Waals surface area contributed by atoms with Crippen molar-refractivity contribution in [2.45, 2.75) is 26.7 Å². The van der Waals surface area contributed by atoms with Crippen LogP contribution in [0.25, 0.3) is 0 Å². The quantitative estimate of drug-likeness (QED) is 0.630. The van der Waals surface area contributed by atoms with E-state index in [0.717, 1.165) is 12.8 Å². The number of hydrogen-bond donors (Lipinski definition) is 2. The molecule has 0 rings (SSSR count). The van der Waals surface area contributed by atoms with Gasteiger partial charge in [0.25, 0.3) is 0 Å². The zero-order chi connectivity index (χ0) is 10.1. The van der Waals surface area contributed by atoms with Crippen molar-refractivity contribution in [3.63, 3.8) is 0 Å². The monoisotopic (exact) mass is 183 g/mol. The van der Waals surface area contributed by atoms with Crippen molar-refractivity contribution in [3.05, 3.63) is 0 Å². The Morgan fingerprint density at radius 3 is 2.77 bits per heavy atom. The number of hydrogen-bond acceptors (Lipinski definition) is 2. The molecule has 0 fully saturated rings. The molecule has 1 unspecified atom stereocenters. The molecule has 0 saturated heterocycles. The molecular weight excluding hydrogens is 166 g/mol. The molecule has 0 saturated carbocycles. The predicted molar refractivity (Wildman–Crippen MR) is 51.1 cm³/mol. The SMILES string of the molecule is CCCCNC(=O)NCC(C)C#N. The molecule has 74 valence electrons. The van der Waals surface area contributed by atoms with E-state index in [0.29, 0.717) is 13.1 Å². The Hall–Kier alpha value is -1.24. The molecule has 0 aliphatic heterocycles. The highest BCUT2D eigenvalue weighted by Gasteiger charge is 2.02. The van der Waals surface area contributed by atoms with Gasteiger partial charge < -0.3 is 10.6 Å². The first kappa shape index (κ1) is 11.8. The Bertz CT molecular complexity index is 186. The van der Waals surface area contributed by atoms with Crippen LogP contribution >= 0.6 is 0 Å². The molecule has 0 aliphatic carbocycles. The van der Waals surface area contributed by atoms with Gasteiger partial charge in [-0.05, 0) is 13.3 Å². The van der Waals surface area contributed by atoms with Gasteiger partial charge in [0.05, 0.1) is 12.0 Å². The van der Waals surface area contributed by atoms with Gasteiger partial charge in [0.15, 0.2) is 0 Å². The normalized spacial score (nSPS) is 11.5. The summed E-state index contributed by atoms with van der Waals surface area (Å²) in [7, 11) is 0. The van der Waals surface area contributed by atoms with Crippen LogP contribution in [0, 0.1) is 17.2 Å². The van der Waals surface area contributed by atoms with E-state index in [1.807, 2.05) is 6.07 Å². The number of nitrogens with zero attached hydrogens (tertiary/aromatic N) is 1. The van der Waals surface area contributed by atoms with Gasteiger partial charge in [0.1, 0.15) is 0 Å². The summed E-state index contributed by atoms with van der Waals surface area (Å²) in [6.07, 6.45) is 2.05. The Balaban J connectivity index is 3.36. The maximum atomic E-state index is 11.0. The summed E-state index contributed by atoms with van der Waals surface area (Å²) in [5, 5.41) is 13.8. The molecule has 4 heteroatoms. The molecule has 2 N–H and O–H groups in total. The Labute approximate surface area is 79.3 Å². The van der Waals surface area contributed by atoms with E-state index >= 15 is 0 Å². The number of carbonyl (C=O) groups excluding carboxylic acids is 1. The van der Waals surface area contributed by atoms with Crippen molar-refractivity contribution < 1.29 is 4.79 Å². The lowest BCUT2D eigenvalue weighted by Gasteiger charge is -2.07. The maximum absolute atomic E-state index is 11.0. The summed E-state index contributed by atoms with van der Waals surface area (Å²) >= 11 is 0. The van der Waals surface area contributed by atoms with Crippen LogP contribution in [0.1, 0.15) is 26.7 Å². The van der Waals surface area contributed by atoms with Crippen molar-refractivity contribution >= 4 is 6.03 Å². The molecule has 0 aliphatic rings. The zero-order valence-corrected chi connectivity index (χ0v) is 8.26. The molecule has 0 radical (unpaired) electrons. The topological polar surface area (TPSA) is 64.9 Å². The van der Waals surface area contributed by atoms with Crippen LogP contribution in [-0.4, -0.2) is 19.1 Å². The van der Waals surface area contributed by atoms with Gasteiger partial charge in [-0.3, -0.25) is 0 Å². The lowest BCUT2D eigenvalue weighted by Crippen LogP contribution is -2.38. The first-order chi connectivity index (χ1) is 6.20. The van der Waals surface area contributed by atoms with Gasteiger partial charge in [-0.15, -0.1) is 0 Å². The zero-order valence-electron chi connectivity index (χ0n) is 8.26. The summed E-state index contributed by atoms with van der Waals surface area (Å²) in [5.41, 5.74) is 0. The van der Waals surface area contributed by atoms with Crippen LogP contribution in [-0.2, 0) is 0 Å². The number of rotatable bonds is 5. The summed E-state index contributed by atoms with van der Waals surface area (Å²) < 4.78 is 0. The molecule has 0 aromatic rings. The van der Waals surface area contributed by atoms with Gasteiger partial charge >= 0.3 is 6.03 Å². The third-order valence-electron chi connectivity index (χ3n) is 1.61. The fraction of sp³-hybridized carbons (Fsp3) is 0.778. The van der Waals surface area contributed by atoms with E-state index in [1.54, 1.807) is 6.92 Å². The molecule has 2 amide bonds. The van der Waals surface area contributed by atoms with Crippen LogP contribution in [0.3, 0.4) is 0 Å². The lowest BCUT2D eigenvalue weighted by atomic mass is 10.2. The second kappa shape index (κ2) is 7.41. The number of amides is 2. The minimum atomic E-state index is -0.185. The van der Waals surface area contributed by atoms with Crippen molar-refractivity contribution in [2.24, 2.45) is 5.92 Å². The Morgan fingerprint density at radius 1 is 1.54 bits per heavy atom. The Morgan fingerprint density at radius 2 is 2.23 bits per heavy atom. The highest BCUT2D eigenvalue weighted by atomic mass is 16.2. The molecular formula is C9H17N3O. The molecule has 0 heterocycles. The smallest absolute Gasteiger partial charge is 0.314 e. The minimum Gasteiger partial charge on any atom is -0.338 e. The molecule has 13 heavy (non-hydrogen) atoms. The number of unbranched alkanes of at least 4 members (excludes halogenated alkanes) is 1. The highest BCUT2D eigenvalue weighted by molar-refractivity contribution is 5.73. The van der Waals surface area contributed by atoms with E-state index in [-0.39, 0.29) is 11.9 Å². The first-order valence-corrected chi connectivity index (χ1v) is 4.62.